The number of ketones is 2. The van der Waals surface area contributed by atoms with Gasteiger partial charge in [-0.3, -0.25) is 19.2 Å². The molecule has 0 aliphatic carbocycles. The summed E-state index contributed by atoms with van der Waals surface area (Å²) in [7, 11) is 0. The van der Waals surface area contributed by atoms with E-state index in [0.29, 0.717) is 0 Å². The number of rotatable bonds is 7. The fourth-order valence-electron chi connectivity index (χ4n) is 2.43. The van der Waals surface area contributed by atoms with Crippen molar-refractivity contribution in [1.82, 2.24) is 0 Å². The highest BCUT2D eigenvalue weighted by Gasteiger charge is 2.54. The Bertz CT molecular complexity index is 728. The molecule has 2 N–H and O–H groups in total. The number of hydrogen-bond acceptors (Lipinski definition) is 4. The Balaban J connectivity index is 2.64. The summed E-state index contributed by atoms with van der Waals surface area (Å²) in [5.41, 5.74) is -2.79. The van der Waals surface area contributed by atoms with E-state index in [1.807, 2.05) is 0 Å². The average Bonchev–Trinajstić information content (AvgIpc) is 2.59. The number of benzene rings is 2. The van der Waals surface area contributed by atoms with Crippen molar-refractivity contribution in [3.05, 3.63) is 71.8 Å². The van der Waals surface area contributed by atoms with Crippen LogP contribution in [0.15, 0.2) is 60.7 Å². The fraction of sp³-hybridized carbons (Fsp3) is 0.111. The SMILES string of the molecule is O=C(O)CC(C(=O)O)(C(=O)c1ccccc1)C(=O)c1ccccc1. The Labute approximate surface area is 137 Å². The van der Waals surface area contributed by atoms with Gasteiger partial charge in [0.1, 0.15) is 0 Å². The zero-order valence-electron chi connectivity index (χ0n) is 12.5. The van der Waals surface area contributed by atoms with Gasteiger partial charge in [0.2, 0.25) is 5.41 Å². The molecule has 2 rings (SSSR count). The van der Waals surface area contributed by atoms with Gasteiger partial charge in [0.15, 0.2) is 11.6 Å². The summed E-state index contributed by atoms with van der Waals surface area (Å²) in [6.07, 6.45) is -1.14. The molecule has 6 nitrogen and oxygen atoms in total. The molecular formula is C18H14O6. The van der Waals surface area contributed by atoms with Crippen molar-refractivity contribution in [1.29, 1.82) is 0 Å². The monoisotopic (exact) mass is 326 g/mol. The highest BCUT2D eigenvalue weighted by Crippen LogP contribution is 2.32. The van der Waals surface area contributed by atoms with Crippen LogP contribution in [0.3, 0.4) is 0 Å². The molecule has 0 saturated heterocycles. The van der Waals surface area contributed by atoms with Gasteiger partial charge in [0, 0.05) is 11.1 Å². The van der Waals surface area contributed by atoms with Gasteiger partial charge in [0.05, 0.1) is 6.42 Å². The number of aliphatic carboxylic acids is 2. The van der Waals surface area contributed by atoms with Crippen LogP contribution < -0.4 is 0 Å². The Morgan fingerprint density at radius 2 is 1.08 bits per heavy atom. The van der Waals surface area contributed by atoms with Gasteiger partial charge in [-0.1, -0.05) is 60.7 Å². The van der Waals surface area contributed by atoms with E-state index >= 15 is 0 Å². The lowest BCUT2D eigenvalue weighted by molar-refractivity contribution is -0.150. The first kappa shape index (κ1) is 17.1. The highest BCUT2D eigenvalue weighted by atomic mass is 16.4. The minimum absolute atomic E-state index is 0.0366. The number of carbonyl (C=O) groups is 4. The summed E-state index contributed by atoms with van der Waals surface area (Å²) in [4.78, 5) is 48.7. The van der Waals surface area contributed by atoms with E-state index in [0.717, 1.165) is 0 Å². The molecule has 6 heteroatoms. The second kappa shape index (κ2) is 6.87. The smallest absolute Gasteiger partial charge is 0.326 e. The number of hydrogen-bond donors (Lipinski definition) is 2. The molecule has 0 aliphatic heterocycles. The molecule has 0 saturated carbocycles. The maximum Gasteiger partial charge on any atom is 0.326 e. The van der Waals surface area contributed by atoms with Crippen molar-refractivity contribution in [2.45, 2.75) is 6.42 Å². The van der Waals surface area contributed by atoms with Crippen LogP contribution in [-0.2, 0) is 9.59 Å². The first-order valence-electron chi connectivity index (χ1n) is 7.04. The van der Waals surface area contributed by atoms with E-state index in [1.165, 1.54) is 48.5 Å². The minimum Gasteiger partial charge on any atom is -0.481 e. The summed E-state index contributed by atoms with van der Waals surface area (Å²) in [6.45, 7) is 0. The molecule has 0 fully saturated rings. The van der Waals surface area contributed by atoms with Crippen LogP contribution in [0.1, 0.15) is 27.1 Å². The molecule has 0 atom stereocenters. The van der Waals surface area contributed by atoms with Gasteiger partial charge < -0.3 is 10.2 Å². The van der Waals surface area contributed by atoms with Crippen LogP contribution in [0, 0.1) is 5.41 Å². The molecule has 0 radical (unpaired) electrons. The Kier molecular flexibility index (Phi) is 4.89. The highest BCUT2D eigenvalue weighted by molar-refractivity contribution is 6.31. The molecule has 0 aromatic heterocycles. The summed E-state index contributed by atoms with van der Waals surface area (Å²) in [5, 5.41) is 18.8. The molecule has 24 heavy (non-hydrogen) atoms. The van der Waals surface area contributed by atoms with E-state index in [9.17, 15) is 24.3 Å². The molecule has 0 heterocycles. The molecule has 122 valence electrons. The summed E-state index contributed by atoms with van der Waals surface area (Å²) < 4.78 is 0. The molecule has 0 aliphatic rings. The Morgan fingerprint density at radius 1 is 0.708 bits per heavy atom. The quantitative estimate of drug-likeness (QED) is 0.597. The third kappa shape index (κ3) is 3.08. The van der Waals surface area contributed by atoms with Crippen molar-refractivity contribution in [2.75, 3.05) is 0 Å². The van der Waals surface area contributed by atoms with Crippen LogP contribution in [0.25, 0.3) is 0 Å². The number of carboxylic acids is 2. The first-order chi connectivity index (χ1) is 11.4. The largest absolute Gasteiger partial charge is 0.481 e. The normalized spacial score (nSPS) is 10.8. The van der Waals surface area contributed by atoms with Crippen LogP contribution in [-0.4, -0.2) is 33.7 Å². The van der Waals surface area contributed by atoms with Crippen molar-refractivity contribution < 1.29 is 29.4 Å². The molecule has 0 spiro atoms. The summed E-state index contributed by atoms with van der Waals surface area (Å²) in [5.74, 6) is -5.43. The van der Waals surface area contributed by atoms with Gasteiger partial charge in [-0.25, -0.2) is 0 Å². The summed E-state index contributed by atoms with van der Waals surface area (Å²) in [6, 6.07) is 14.7. The minimum atomic E-state index is -2.71. The lowest BCUT2D eigenvalue weighted by Gasteiger charge is -2.25. The van der Waals surface area contributed by atoms with Gasteiger partial charge in [-0.2, -0.15) is 0 Å². The van der Waals surface area contributed by atoms with E-state index < -0.39 is 35.3 Å². The number of carboxylic acid groups (broad SMARTS) is 2. The first-order valence-corrected chi connectivity index (χ1v) is 7.04. The number of carbonyl (C=O) groups excluding carboxylic acids is 2. The average molecular weight is 326 g/mol. The maximum atomic E-state index is 12.8. The summed E-state index contributed by atoms with van der Waals surface area (Å²) >= 11 is 0. The predicted octanol–water partition coefficient (Wildman–Crippen LogP) is 2.30. The molecule has 2 aromatic carbocycles. The lowest BCUT2D eigenvalue weighted by Crippen LogP contribution is -2.48. The van der Waals surface area contributed by atoms with Crippen molar-refractivity contribution in [2.24, 2.45) is 5.41 Å². The second-order valence-corrected chi connectivity index (χ2v) is 5.17. The van der Waals surface area contributed by atoms with Crippen LogP contribution in [0.4, 0.5) is 0 Å². The fourth-order valence-corrected chi connectivity index (χ4v) is 2.43. The lowest BCUT2D eigenvalue weighted by atomic mass is 9.72. The second-order valence-electron chi connectivity index (χ2n) is 5.17. The molecular weight excluding hydrogens is 312 g/mol. The van der Waals surface area contributed by atoms with Crippen molar-refractivity contribution in [3.63, 3.8) is 0 Å². The third-order valence-corrected chi connectivity index (χ3v) is 3.63. The van der Waals surface area contributed by atoms with E-state index in [1.54, 1.807) is 12.1 Å². The Morgan fingerprint density at radius 3 is 1.38 bits per heavy atom. The Hall–Kier alpha value is -3.28. The molecule has 0 bridgehead atoms. The standard InChI is InChI=1S/C18H14O6/c19-14(20)11-18(17(23)24,15(21)12-7-3-1-4-8-12)16(22)13-9-5-2-6-10-13/h1-10H,11H2,(H,19,20)(H,23,24). The zero-order chi connectivity index (χ0) is 17.7. The maximum absolute atomic E-state index is 12.8. The van der Waals surface area contributed by atoms with Gasteiger partial charge in [-0.15, -0.1) is 0 Å². The molecule has 0 amide bonds. The van der Waals surface area contributed by atoms with Crippen molar-refractivity contribution in [3.8, 4) is 0 Å². The van der Waals surface area contributed by atoms with E-state index in [4.69, 9.17) is 5.11 Å². The topological polar surface area (TPSA) is 109 Å². The molecule has 2 aromatic rings. The van der Waals surface area contributed by atoms with Gasteiger partial charge in [-0.05, 0) is 0 Å². The van der Waals surface area contributed by atoms with Gasteiger partial charge >= 0.3 is 11.9 Å². The van der Waals surface area contributed by atoms with E-state index in [-0.39, 0.29) is 11.1 Å². The van der Waals surface area contributed by atoms with Gasteiger partial charge in [0.25, 0.3) is 0 Å². The zero-order valence-corrected chi connectivity index (χ0v) is 12.5. The van der Waals surface area contributed by atoms with E-state index in [2.05, 4.69) is 0 Å². The van der Waals surface area contributed by atoms with Crippen LogP contribution in [0.5, 0.6) is 0 Å². The predicted molar refractivity (Wildman–Crippen MR) is 83.9 cm³/mol. The molecule has 0 unspecified atom stereocenters. The third-order valence-electron chi connectivity index (χ3n) is 3.63. The van der Waals surface area contributed by atoms with Crippen LogP contribution in [0.2, 0.25) is 0 Å². The van der Waals surface area contributed by atoms with Crippen molar-refractivity contribution >= 4 is 23.5 Å². The number of Topliss-reactive ketones (excluding diaryl/α,β-unsaturated/α-hetero) is 2. The van der Waals surface area contributed by atoms with Crippen LogP contribution >= 0.6 is 0 Å².